The average molecular weight is 340 g/mol. The highest BCUT2D eigenvalue weighted by Gasteiger charge is 2.32. The van der Waals surface area contributed by atoms with Gasteiger partial charge in [0.25, 0.3) is 5.91 Å². The van der Waals surface area contributed by atoms with Crippen LogP contribution in [0.1, 0.15) is 35.7 Å². The van der Waals surface area contributed by atoms with Gasteiger partial charge in [0.05, 0.1) is 5.92 Å². The number of aryl methyl sites for hydroxylation is 1. The molecule has 1 aliphatic rings. The third-order valence-electron chi connectivity index (χ3n) is 3.92. The van der Waals surface area contributed by atoms with E-state index in [2.05, 4.69) is 15.9 Å². The molecule has 20 heavy (non-hydrogen) atoms. The monoisotopic (exact) mass is 339 g/mol. The lowest BCUT2D eigenvalue weighted by atomic mass is 9.91. The van der Waals surface area contributed by atoms with Gasteiger partial charge in [0.2, 0.25) is 0 Å². The second-order valence-corrected chi connectivity index (χ2v) is 6.28. The zero-order valence-corrected chi connectivity index (χ0v) is 13.2. The van der Waals surface area contributed by atoms with Crippen LogP contribution < -0.4 is 0 Å². The van der Waals surface area contributed by atoms with Gasteiger partial charge in [-0.3, -0.25) is 9.59 Å². The maximum absolute atomic E-state index is 12.6. The number of carbonyl (C=O) groups is 2. The molecular weight excluding hydrogens is 322 g/mol. The van der Waals surface area contributed by atoms with Gasteiger partial charge >= 0.3 is 5.97 Å². The van der Waals surface area contributed by atoms with Crippen molar-refractivity contribution < 1.29 is 14.7 Å². The molecule has 0 bridgehead atoms. The quantitative estimate of drug-likeness (QED) is 0.900. The first-order chi connectivity index (χ1) is 9.40. The Hall–Kier alpha value is -1.36. The molecule has 2 atom stereocenters. The number of carboxylic acids is 1. The van der Waals surface area contributed by atoms with Crippen LogP contribution in [0.3, 0.4) is 0 Å². The van der Waals surface area contributed by atoms with Gasteiger partial charge in [0, 0.05) is 22.6 Å². The number of piperidine rings is 1. The first-order valence-corrected chi connectivity index (χ1v) is 7.49. The predicted octanol–water partition coefficient (Wildman–Crippen LogP) is 3.08. The van der Waals surface area contributed by atoms with Crippen LogP contribution in [0, 0.1) is 12.8 Å². The minimum atomic E-state index is -0.761. The molecule has 0 aromatic heterocycles. The second-order valence-electron chi connectivity index (χ2n) is 5.37. The van der Waals surface area contributed by atoms with Crippen molar-refractivity contribution in [1.82, 2.24) is 4.90 Å². The van der Waals surface area contributed by atoms with Gasteiger partial charge in [0.15, 0.2) is 0 Å². The van der Waals surface area contributed by atoms with Gasteiger partial charge < -0.3 is 10.0 Å². The van der Waals surface area contributed by atoms with Crippen molar-refractivity contribution in [2.45, 2.75) is 32.7 Å². The lowest BCUT2D eigenvalue weighted by Gasteiger charge is -2.36. The van der Waals surface area contributed by atoms with Gasteiger partial charge in [-0.2, -0.15) is 0 Å². The number of halogens is 1. The molecule has 1 heterocycles. The molecule has 1 aromatic rings. The van der Waals surface area contributed by atoms with E-state index in [0.717, 1.165) is 10.0 Å². The van der Waals surface area contributed by atoms with Crippen LogP contribution in [-0.2, 0) is 4.79 Å². The van der Waals surface area contributed by atoms with E-state index in [4.69, 9.17) is 5.11 Å². The number of amides is 1. The van der Waals surface area contributed by atoms with Crippen molar-refractivity contribution >= 4 is 27.8 Å². The zero-order chi connectivity index (χ0) is 14.9. The Balaban J connectivity index is 2.18. The Morgan fingerprint density at radius 1 is 1.40 bits per heavy atom. The second kappa shape index (κ2) is 5.95. The van der Waals surface area contributed by atoms with Crippen molar-refractivity contribution in [2.75, 3.05) is 6.54 Å². The predicted molar refractivity (Wildman–Crippen MR) is 79.7 cm³/mol. The molecular formula is C15H18BrNO3. The fourth-order valence-electron chi connectivity index (χ4n) is 2.68. The number of likely N-dealkylation sites (tertiary alicyclic amines) is 1. The van der Waals surface area contributed by atoms with Crippen molar-refractivity contribution in [2.24, 2.45) is 5.92 Å². The third kappa shape index (κ3) is 3.03. The number of benzene rings is 1. The third-order valence-corrected chi connectivity index (χ3v) is 4.41. The summed E-state index contributed by atoms with van der Waals surface area (Å²) in [7, 11) is 0. The molecule has 1 amide bonds. The largest absolute Gasteiger partial charge is 0.481 e. The Labute approximate surface area is 126 Å². The zero-order valence-electron chi connectivity index (χ0n) is 11.6. The highest BCUT2D eigenvalue weighted by molar-refractivity contribution is 9.10. The highest BCUT2D eigenvalue weighted by atomic mass is 79.9. The summed E-state index contributed by atoms with van der Waals surface area (Å²) in [5.74, 6) is -1.11. The van der Waals surface area contributed by atoms with E-state index in [-0.39, 0.29) is 17.9 Å². The van der Waals surface area contributed by atoms with Crippen molar-refractivity contribution in [3.63, 3.8) is 0 Å². The van der Waals surface area contributed by atoms with E-state index in [1.807, 2.05) is 32.0 Å². The summed E-state index contributed by atoms with van der Waals surface area (Å²) in [5, 5.41) is 9.07. The van der Waals surface area contributed by atoms with Crippen LogP contribution in [0.15, 0.2) is 22.7 Å². The molecule has 0 radical (unpaired) electrons. The van der Waals surface area contributed by atoms with Crippen LogP contribution in [-0.4, -0.2) is 34.5 Å². The SMILES string of the molecule is Cc1ccc(Br)cc1C(=O)N1CCC(C(=O)O)CC1C. The number of carbonyl (C=O) groups excluding carboxylic acids is 1. The fraction of sp³-hybridized carbons (Fsp3) is 0.467. The van der Waals surface area contributed by atoms with Crippen molar-refractivity contribution in [3.05, 3.63) is 33.8 Å². The Morgan fingerprint density at radius 2 is 2.10 bits per heavy atom. The van der Waals surface area contributed by atoms with Crippen LogP contribution in [0.2, 0.25) is 0 Å². The standard InChI is InChI=1S/C15H18BrNO3/c1-9-3-4-12(16)8-13(9)14(18)17-6-5-11(15(19)20)7-10(17)2/h3-4,8,10-11H,5-7H2,1-2H3,(H,19,20). The molecule has 0 spiro atoms. The number of aliphatic carboxylic acids is 1. The summed E-state index contributed by atoms with van der Waals surface area (Å²) in [5.41, 5.74) is 1.62. The Bertz CT molecular complexity index is 544. The lowest BCUT2D eigenvalue weighted by molar-refractivity contribution is -0.143. The molecule has 108 valence electrons. The van der Waals surface area contributed by atoms with E-state index < -0.39 is 5.97 Å². The maximum Gasteiger partial charge on any atom is 0.306 e. The smallest absolute Gasteiger partial charge is 0.306 e. The van der Waals surface area contributed by atoms with E-state index in [1.54, 1.807) is 4.90 Å². The van der Waals surface area contributed by atoms with Crippen LogP contribution in [0.5, 0.6) is 0 Å². The number of hydrogen-bond donors (Lipinski definition) is 1. The maximum atomic E-state index is 12.6. The molecule has 5 heteroatoms. The summed E-state index contributed by atoms with van der Waals surface area (Å²) >= 11 is 3.38. The normalized spacial score (nSPS) is 22.6. The van der Waals surface area contributed by atoms with E-state index in [0.29, 0.717) is 24.9 Å². The van der Waals surface area contributed by atoms with Crippen LogP contribution in [0.25, 0.3) is 0 Å². The molecule has 1 N–H and O–H groups in total. The molecule has 1 aliphatic heterocycles. The fourth-order valence-corrected chi connectivity index (χ4v) is 3.04. The molecule has 1 aromatic carbocycles. The first-order valence-electron chi connectivity index (χ1n) is 6.70. The first kappa shape index (κ1) is 15.0. The summed E-state index contributed by atoms with van der Waals surface area (Å²) < 4.78 is 0.875. The van der Waals surface area contributed by atoms with Crippen LogP contribution >= 0.6 is 15.9 Å². The van der Waals surface area contributed by atoms with Gasteiger partial charge in [-0.15, -0.1) is 0 Å². The molecule has 0 saturated carbocycles. The summed E-state index contributed by atoms with van der Waals surface area (Å²) in [4.78, 5) is 25.4. The van der Waals surface area contributed by atoms with E-state index in [9.17, 15) is 9.59 Å². The molecule has 4 nitrogen and oxygen atoms in total. The van der Waals surface area contributed by atoms with Gasteiger partial charge in [-0.1, -0.05) is 22.0 Å². The van der Waals surface area contributed by atoms with E-state index in [1.165, 1.54) is 0 Å². The number of carboxylic acid groups (broad SMARTS) is 1. The topological polar surface area (TPSA) is 57.6 Å². The van der Waals surface area contributed by atoms with Crippen LogP contribution in [0.4, 0.5) is 0 Å². The minimum Gasteiger partial charge on any atom is -0.481 e. The number of rotatable bonds is 2. The molecule has 0 aliphatic carbocycles. The Kier molecular flexibility index (Phi) is 4.48. The van der Waals surface area contributed by atoms with Gasteiger partial charge in [0.1, 0.15) is 0 Å². The average Bonchev–Trinajstić information content (AvgIpc) is 2.40. The number of nitrogens with zero attached hydrogens (tertiary/aromatic N) is 1. The number of hydrogen-bond acceptors (Lipinski definition) is 2. The van der Waals surface area contributed by atoms with Gasteiger partial charge in [-0.05, 0) is 44.4 Å². The van der Waals surface area contributed by atoms with Crippen molar-refractivity contribution in [3.8, 4) is 0 Å². The minimum absolute atomic E-state index is 0.0138. The Morgan fingerprint density at radius 3 is 2.70 bits per heavy atom. The summed E-state index contributed by atoms with van der Waals surface area (Å²) in [6.45, 7) is 4.33. The van der Waals surface area contributed by atoms with Crippen molar-refractivity contribution in [1.29, 1.82) is 0 Å². The summed E-state index contributed by atoms with van der Waals surface area (Å²) in [6.07, 6.45) is 1.05. The molecule has 2 rings (SSSR count). The summed E-state index contributed by atoms with van der Waals surface area (Å²) in [6, 6.07) is 5.60. The lowest BCUT2D eigenvalue weighted by Crippen LogP contribution is -2.46. The molecule has 1 saturated heterocycles. The van der Waals surface area contributed by atoms with Gasteiger partial charge in [-0.25, -0.2) is 0 Å². The highest BCUT2D eigenvalue weighted by Crippen LogP contribution is 2.26. The molecule has 1 fully saturated rings. The van der Waals surface area contributed by atoms with E-state index >= 15 is 0 Å². The molecule has 2 unspecified atom stereocenters.